The van der Waals surface area contributed by atoms with Crippen molar-refractivity contribution in [2.75, 3.05) is 11.9 Å². The number of aromatic nitrogens is 2. The third-order valence-corrected chi connectivity index (χ3v) is 5.27. The first-order valence-corrected chi connectivity index (χ1v) is 9.03. The van der Waals surface area contributed by atoms with E-state index >= 15 is 0 Å². The van der Waals surface area contributed by atoms with Crippen LogP contribution in [-0.4, -0.2) is 33.2 Å². The molecule has 0 aliphatic carbocycles. The Kier molecular flexibility index (Phi) is 5.77. The number of anilines is 1. The van der Waals surface area contributed by atoms with E-state index < -0.39 is 11.8 Å². The van der Waals surface area contributed by atoms with Gasteiger partial charge in [0.25, 0.3) is 0 Å². The molecule has 0 spiro atoms. The number of hydrogen-bond acceptors (Lipinski definition) is 4. The lowest BCUT2D eigenvalue weighted by Gasteiger charge is -2.23. The number of hydrogen-bond donors (Lipinski definition) is 2. The van der Waals surface area contributed by atoms with Gasteiger partial charge < -0.3 is 10.6 Å². The Hall–Kier alpha value is -2.13. The molecule has 0 saturated carbocycles. The summed E-state index contributed by atoms with van der Waals surface area (Å²) in [6, 6.07) is 5.16. The lowest BCUT2D eigenvalue weighted by molar-refractivity contribution is -0.124. The maximum atomic E-state index is 12.7. The van der Waals surface area contributed by atoms with Crippen LogP contribution >= 0.6 is 23.4 Å². The Labute approximate surface area is 157 Å². The van der Waals surface area contributed by atoms with E-state index in [1.54, 1.807) is 18.2 Å². The summed E-state index contributed by atoms with van der Waals surface area (Å²) in [6.45, 7) is -2.51. The Morgan fingerprint density at radius 1 is 1.46 bits per heavy atom. The SMILES string of the molecule is O=C(CC1Sc2ccc(Cl)cc2NC1=O)NCCc1nccn1C(F)F. The number of carbonyl (C=O) groups is 2. The molecule has 1 aromatic heterocycles. The van der Waals surface area contributed by atoms with E-state index in [0.717, 1.165) is 9.46 Å². The van der Waals surface area contributed by atoms with Gasteiger partial charge in [0.05, 0.1) is 10.9 Å². The molecule has 26 heavy (non-hydrogen) atoms. The summed E-state index contributed by atoms with van der Waals surface area (Å²) in [5.41, 5.74) is 0.628. The molecule has 2 amide bonds. The summed E-state index contributed by atoms with van der Waals surface area (Å²) in [6.07, 6.45) is 2.64. The first-order chi connectivity index (χ1) is 12.4. The molecule has 10 heteroatoms. The zero-order chi connectivity index (χ0) is 18.7. The van der Waals surface area contributed by atoms with Crippen molar-refractivity contribution in [3.63, 3.8) is 0 Å². The Balaban J connectivity index is 1.51. The predicted molar refractivity (Wildman–Crippen MR) is 94.5 cm³/mol. The topological polar surface area (TPSA) is 76.0 Å². The average Bonchev–Trinajstić information content (AvgIpc) is 3.04. The highest BCUT2D eigenvalue weighted by atomic mass is 35.5. The minimum Gasteiger partial charge on any atom is -0.356 e. The van der Waals surface area contributed by atoms with E-state index in [9.17, 15) is 18.4 Å². The van der Waals surface area contributed by atoms with Crippen molar-refractivity contribution in [2.24, 2.45) is 0 Å². The zero-order valence-electron chi connectivity index (χ0n) is 13.4. The third-order valence-electron chi connectivity index (χ3n) is 3.76. The van der Waals surface area contributed by atoms with Crippen molar-refractivity contribution in [1.82, 2.24) is 14.9 Å². The molecule has 3 rings (SSSR count). The van der Waals surface area contributed by atoms with Gasteiger partial charge in [0.1, 0.15) is 5.82 Å². The second kappa shape index (κ2) is 8.05. The van der Waals surface area contributed by atoms with Gasteiger partial charge in [-0.1, -0.05) is 11.6 Å². The molecule has 0 bridgehead atoms. The number of amides is 2. The van der Waals surface area contributed by atoms with Gasteiger partial charge in [-0.3, -0.25) is 14.2 Å². The molecular weight excluding hydrogens is 386 g/mol. The number of carbonyl (C=O) groups excluding carboxylic acids is 2. The second-order valence-corrected chi connectivity index (χ2v) is 7.25. The smallest absolute Gasteiger partial charge is 0.319 e. The number of thioether (sulfide) groups is 1. The number of fused-ring (bicyclic) bond motifs is 1. The highest BCUT2D eigenvalue weighted by Crippen LogP contribution is 2.38. The van der Waals surface area contributed by atoms with Crippen molar-refractivity contribution in [2.45, 2.75) is 29.5 Å². The molecule has 0 radical (unpaired) electrons. The van der Waals surface area contributed by atoms with E-state index in [1.807, 2.05) is 0 Å². The van der Waals surface area contributed by atoms with Gasteiger partial charge in [0, 0.05) is 41.7 Å². The highest BCUT2D eigenvalue weighted by molar-refractivity contribution is 8.01. The summed E-state index contributed by atoms with van der Waals surface area (Å²) in [4.78, 5) is 28.9. The minimum absolute atomic E-state index is 0.0120. The fraction of sp³-hybridized carbons (Fsp3) is 0.312. The lowest BCUT2D eigenvalue weighted by Crippen LogP contribution is -2.35. The van der Waals surface area contributed by atoms with Crippen LogP contribution in [0.15, 0.2) is 35.5 Å². The van der Waals surface area contributed by atoms with Crippen LogP contribution in [0.25, 0.3) is 0 Å². The van der Waals surface area contributed by atoms with Crippen LogP contribution in [0, 0.1) is 0 Å². The summed E-state index contributed by atoms with van der Waals surface area (Å²) >= 11 is 7.19. The van der Waals surface area contributed by atoms with Gasteiger partial charge >= 0.3 is 6.55 Å². The largest absolute Gasteiger partial charge is 0.356 e. The molecular formula is C16H15ClF2N4O2S. The van der Waals surface area contributed by atoms with Gasteiger partial charge in [0.15, 0.2) is 0 Å². The normalized spacial score (nSPS) is 16.3. The first kappa shape index (κ1) is 18.7. The lowest BCUT2D eigenvalue weighted by atomic mass is 10.2. The number of halogens is 3. The predicted octanol–water partition coefficient (Wildman–Crippen LogP) is 3.09. The van der Waals surface area contributed by atoms with Crippen LogP contribution in [-0.2, 0) is 16.0 Å². The number of nitrogens with zero attached hydrogens (tertiary/aromatic N) is 2. The van der Waals surface area contributed by atoms with E-state index in [-0.39, 0.29) is 37.0 Å². The summed E-state index contributed by atoms with van der Waals surface area (Å²) in [5, 5.41) is 5.32. The van der Waals surface area contributed by atoms with E-state index in [1.165, 1.54) is 24.2 Å². The van der Waals surface area contributed by atoms with Gasteiger partial charge in [-0.05, 0) is 18.2 Å². The fourth-order valence-electron chi connectivity index (χ4n) is 2.53. The van der Waals surface area contributed by atoms with Gasteiger partial charge in [0.2, 0.25) is 11.8 Å². The molecule has 1 aliphatic rings. The monoisotopic (exact) mass is 400 g/mol. The summed E-state index contributed by atoms with van der Waals surface area (Å²) in [5.74, 6) is -0.408. The third kappa shape index (κ3) is 4.34. The molecule has 1 aromatic carbocycles. The molecule has 6 nitrogen and oxygen atoms in total. The molecule has 1 atom stereocenters. The molecule has 138 valence electrons. The molecule has 0 fully saturated rings. The quantitative estimate of drug-likeness (QED) is 0.781. The molecule has 1 aliphatic heterocycles. The van der Waals surface area contributed by atoms with Crippen molar-refractivity contribution < 1.29 is 18.4 Å². The number of imidazole rings is 1. The number of alkyl halides is 2. The highest BCUT2D eigenvalue weighted by Gasteiger charge is 2.29. The Morgan fingerprint density at radius 3 is 3.04 bits per heavy atom. The van der Waals surface area contributed by atoms with Crippen molar-refractivity contribution in [3.05, 3.63) is 41.4 Å². The zero-order valence-corrected chi connectivity index (χ0v) is 15.0. The van der Waals surface area contributed by atoms with Gasteiger partial charge in [-0.15, -0.1) is 11.8 Å². The fourth-order valence-corrected chi connectivity index (χ4v) is 3.79. The number of rotatable bonds is 6. The molecule has 2 N–H and O–H groups in total. The summed E-state index contributed by atoms with van der Waals surface area (Å²) in [7, 11) is 0. The molecule has 2 aromatic rings. The Bertz CT molecular complexity index is 830. The first-order valence-electron chi connectivity index (χ1n) is 7.77. The minimum atomic E-state index is -2.67. The molecule has 1 unspecified atom stereocenters. The Morgan fingerprint density at radius 2 is 2.27 bits per heavy atom. The number of benzene rings is 1. The van der Waals surface area contributed by atoms with E-state index in [4.69, 9.17) is 11.6 Å². The van der Waals surface area contributed by atoms with Crippen LogP contribution in [0.3, 0.4) is 0 Å². The molecule has 2 heterocycles. The van der Waals surface area contributed by atoms with Gasteiger partial charge in [-0.2, -0.15) is 8.78 Å². The molecule has 0 saturated heterocycles. The van der Waals surface area contributed by atoms with Crippen LogP contribution < -0.4 is 10.6 Å². The maximum Gasteiger partial charge on any atom is 0.319 e. The van der Waals surface area contributed by atoms with Crippen LogP contribution in [0.4, 0.5) is 14.5 Å². The van der Waals surface area contributed by atoms with Crippen LogP contribution in [0.1, 0.15) is 18.8 Å². The summed E-state index contributed by atoms with van der Waals surface area (Å²) < 4.78 is 26.2. The standard InChI is InChI=1S/C16H15ClF2N4O2S/c17-9-1-2-11-10(7-9)22-15(25)12(26-11)8-14(24)21-4-3-13-20-5-6-23(13)16(18)19/h1-2,5-7,12,16H,3-4,8H2,(H,21,24)(H,22,25). The van der Waals surface area contributed by atoms with Crippen molar-refractivity contribution in [1.29, 1.82) is 0 Å². The van der Waals surface area contributed by atoms with Crippen molar-refractivity contribution in [3.8, 4) is 0 Å². The van der Waals surface area contributed by atoms with E-state index in [2.05, 4.69) is 15.6 Å². The van der Waals surface area contributed by atoms with Gasteiger partial charge in [-0.25, -0.2) is 4.98 Å². The van der Waals surface area contributed by atoms with Crippen LogP contribution in [0.5, 0.6) is 0 Å². The van der Waals surface area contributed by atoms with E-state index in [0.29, 0.717) is 10.7 Å². The van der Waals surface area contributed by atoms with Crippen molar-refractivity contribution >= 4 is 40.9 Å². The number of nitrogens with one attached hydrogen (secondary N) is 2. The second-order valence-electron chi connectivity index (χ2n) is 5.57. The maximum absolute atomic E-state index is 12.7. The average molecular weight is 401 g/mol. The van der Waals surface area contributed by atoms with Crippen LogP contribution in [0.2, 0.25) is 5.02 Å².